The smallest absolute Gasteiger partial charge is 0.274 e. The van der Waals surface area contributed by atoms with Crippen LogP contribution in [0.3, 0.4) is 0 Å². The summed E-state index contributed by atoms with van der Waals surface area (Å²) < 4.78 is 20.5. The lowest BCUT2D eigenvalue weighted by atomic mass is 9.93. The lowest BCUT2D eigenvalue weighted by Crippen LogP contribution is -2.46. The van der Waals surface area contributed by atoms with E-state index in [9.17, 15) is 18.9 Å². The number of carbonyl (C=O) groups is 2. The molecule has 1 unspecified atom stereocenters. The minimum atomic E-state index is -1.64. The molecule has 0 bridgehead atoms. The van der Waals surface area contributed by atoms with Gasteiger partial charge in [-0.05, 0) is 73.7 Å². The highest BCUT2D eigenvalue weighted by Gasteiger charge is 2.32. The van der Waals surface area contributed by atoms with E-state index in [-0.39, 0.29) is 23.9 Å². The van der Waals surface area contributed by atoms with E-state index in [1.807, 2.05) is 78.2 Å². The number of hydrogen-bond acceptors (Lipinski definition) is 5. The van der Waals surface area contributed by atoms with Gasteiger partial charge in [0.05, 0.1) is 34.3 Å². The molecule has 3 heterocycles. The van der Waals surface area contributed by atoms with Crippen LogP contribution in [0.15, 0.2) is 83.9 Å². The van der Waals surface area contributed by atoms with Crippen molar-refractivity contribution in [3.05, 3.63) is 107 Å². The lowest BCUT2D eigenvalue weighted by molar-refractivity contribution is 0.0544. The molecule has 4 N–H and O–H groups in total. The number of aromatic nitrogens is 3. The van der Waals surface area contributed by atoms with Crippen molar-refractivity contribution in [1.29, 1.82) is 0 Å². The van der Waals surface area contributed by atoms with E-state index in [0.717, 1.165) is 47.7 Å². The van der Waals surface area contributed by atoms with Crippen LogP contribution < -0.4 is 4.72 Å². The number of aliphatic hydroxyl groups is 1. The van der Waals surface area contributed by atoms with Crippen LogP contribution in [0.4, 0.5) is 5.69 Å². The van der Waals surface area contributed by atoms with Crippen molar-refractivity contribution in [2.24, 2.45) is 7.05 Å². The summed E-state index contributed by atoms with van der Waals surface area (Å²) in [4.78, 5) is 32.6. The Morgan fingerprint density at radius 1 is 0.980 bits per heavy atom. The van der Waals surface area contributed by atoms with Crippen LogP contribution in [0.2, 0.25) is 0 Å². The molecule has 1 aliphatic rings. The van der Waals surface area contributed by atoms with E-state index < -0.39 is 17.0 Å². The normalized spacial score (nSPS) is 14.5. The maximum absolute atomic E-state index is 14.7. The van der Waals surface area contributed by atoms with E-state index in [1.165, 1.54) is 0 Å². The Hall–Kier alpha value is -4.78. The van der Waals surface area contributed by atoms with Crippen molar-refractivity contribution >= 4 is 39.4 Å². The Labute approximate surface area is 301 Å². The second-order valence-electron chi connectivity index (χ2n) is 13.0. The molecule has 11 nitrogen and oxygen atoms in total. The molecule has 2 amide bonds. The standard InChI is InChI=1S/C39H46N6O4S.H2O/c1-5-7-19-43(20-8-6-2)39(48)34-22-27(3)45(40-34)35-17-16-31(41-50(49)36-15-11-14-28-18-21-42(4)37(28)36)24-33(35)38(47)44-25-30-13-10-9-12-29(30)23-32(44)26-46;/h9-18,21-22,24,32,41,46H,5-8,19-20,23,25-26H2,1-4H3;1H2/t32-,50?;/m0./s1. The van der Waals surface area contributed by atoms with Gasteiger partial charge in [-0.3, -0.25) is 9.59 Å². The predicted molar refractivity (Wildman–Crippen MR) is 201 cm³/mol. The van der Waals surface area contributed by atoms with Crippen LogP contribution in [0.25, 0.3) is 16.6 Å². The average molecular weight is 713 g/mol. The number of hydrogen-bond donors (Lipinski definition) is 2. The number of anilines is 1. The highest BCUT2D eigenvalue weighted by molar-refractivity contribution is 7.86. The Kier molecular flexibility index (Phi) is 12.1. The van der Waals surface area contributed by atoms with Crippen LogP contribution in [0.1, 0.15) is 77.2 Å². The first kappa shape index (κ1) is 37.5. The molecule has 5 aromatic rings. The molecular weight excluding hydrogens is 665 g/mol. The van der Waals surface area contributed by atoms with E-state index in [4.69, 9.17) is 5.10 Å². The number of unbranched alkanes of at least 4 members (excludes halogenated alkanes) is 2. The van der Waals surface area contributed by atoms with Gasteiger partial charge < -0.3 is 29.7 Å². The maximum atomic E-state index is 14.7. The van der Waals surface area contributed by atoms with Gasteiger partial charge in [0.15, 0.2) is 16.7 Å². The number of amides is 2. The number of benzene rings is 3. The van der Waals surface area contributed by atoms with Crippen molar-refractivity contribution in [1.82, 2.24) is 24.1 Å². The fraction of sp³-hybridized carbons (Fsp3) is 0.359. The monoisotopic (exact) mass is 712 g/mol. The number of aliphatic hydroxyl groups excluding tert-OH is 1. The van der Waals surface area contributed by atoms with Gasteiger partial charge in [-0.25, -0.2) is 8.89 Å². The summed E-state index contributed by atoms with van der Waals surface area (Å²) in [5.74, 6) is -0.416. The molecule has 51 heavy (non-hydrogen) atoms. The van der Waals surface area contributed by atoms with Crippen LogP contribution >= 0.6 is 0 Å². The number of carbonyl (C=O) groups excluding carboxylic acids is 2. The fourth-order valence-electron chi connectivity index (χ4n) is 6.73. The Balaban J connectivity index is 0.00000504. The number of nitrogens with one attached hydrogen (secondary N) is 1. The van der Waals surface area contributed by atoms with Crippen molar-refractivity contribution in [3.63, 3.8) is 0 Å². The SMILES string of the molecule is CCCCN(CCCC)C(=O)c1cc(C)n(-c2ccc(NS(=O)c3cccc4ccn(C)c34)cc2C(=O)N2Cc3ccccc3C[C@H]2CO)n1.O. The van der Waals surface area contributed by atoms with Gasteiger partial charge in [0.25, 0.3) is 11.8 Å². The van der Waals surface area contributed by atoms with E-state index in [2.05, 4.69) is 18.6 Å². The summed E-state index contributed by atoms with van der Waals surface area (Å²) in [7, 11) is 0.278. The van der Waals surface area contributed by atoms with Gasteiger partial charge in [0, 0.05) is 49.6 Å². The first-order valence-corrected chi connectivity index (χ1v) is 18.6. The van der Waals surface area contributed by atoms with Crippen molar-refractivity contribution < 1.29 is 24.4 Å². The third-order valence-corrected chi connectivity index (χ3v) is 10.7. The minimum Gasteiger partial charge on any atom is -0.412 e. The summed E-state index contributed by atoms with van der Waals surface area (Å²) in [6, 6.07) is 22.3. The minimum absolute atomic E-state index is 0. The third-order valence-electron chi connectivity index (χ3n) is 9.51. The molecule has 1 aliphatic heterocycles. The van der Waals surface area contributed by atoms with Gasteiger partial charge in [-0.15, -0.1) is 0 Å². The Morgan fingerprint density at radius 3 is 2.41 bits per heavy atom. The van der Waals surface area contributed by atoms with E-state index >= 15 is 0 Å². The molecule has 12 heteroatoms. The molecule has 0 saturated carbocycles. The molecule has 0 aliphatic carbocycles. The molecule has 0 saturated heterocycles. The number of para-hydroxylation sites is 1. The largest absolute Gasteiger partial charge is 0.412 e. The van der Waals surface area contributed by atoms with Crippen molar-refractivity contribution in [2.45, 2.75) is 70.4 Å². The zero-order valence-electron chi connectivity index (χ0n) is 29.8. The van der Waals surface area contributed by atoms with E-state index in [1.54, 1.807) is 33.8 Å². The average Bonchev–Trinajstić information content (AvgIpc) is 3.72. The quantitative estimate of drug-likeness (QED) is 0.164. The summed E-state index contributed by atoms with van der Waals surface area (Å²) in [5.41, 5.74) is 5.34. The third kappa shape index (κ3) is 7.78. The van der Waals surface area contributed by atoms with Gasteiger partial charge in [-0.2, -0.15) is 5.10 Å². The highest BCUT2D eigenvalue weighted by Crippen LogP contribution is 2.30. The number of fused-ring (bicyclic) bond motifs is 2. The van der Waals surface area contributed by atoms with Crippen molar-refractivity contribution in [3.8, 4) is 5.69 Å². The van der Waals surface area contributed by atoms with Crippen LogP contribution in [-0.4, -0.2) is 76.5 Å². The summed E-state index contributed by atoms with van der Waals surface area (Å²) in [6.07, 6.45) is 6.25. The molecule has 2 atom stereocenters. The maximum Gasteiger partial charge on any atom is 0.274 e. The lowest BCUT2D eigenvalue weighted by Gasteiger charge is -2.36. The molecule has 3 aromatic carbocycles. The second-order valence-corrected chi connectivity index (χ2v) is 14.2. The zero-order valence-corrected chi connectivity index (χ0v) is 30.6. The first-order valence-electron chi connectivity index (χ1n) is 17.4. The molecule has 270 valence electrons. The van der Waals surface area contributed by atoms with Crippen LogP contribution in [0.5, 0.6) is 0 Å². The zero-order chi connectivity index (χ0) is 35.4. The Bertz CT molecular complexity index is 2030. The molecule has 0 spiro atoms. The highest BCUT2D eigenvalue weighted by atomic mass is 32.2. The number of nitrogens with zero attached hydrogens (tertiary/aromatic N) is 5. The summed E-state index contributed by atoms with van der Waals surface area (Å²) in [5, 5.41) is 16.2. The molecule has 2 aromatic heterocycles. The van der Waals surface area contributed by atoms with Gasteiger partial charge in [0.1, 0.15) is 0 Å². The summed E-state index contributed by atoms with van der Waals surface area (Å²) in [6.45, 7) is 7.57. The molecule has 0 fully saturated rings. The molecule has 0 radical (unpaired) electrons. The van der Waals surface area contributed by atoms with Crippen LogP contribution in [0, 0.1) is 6.92 Å². The predicted octanol–water partition coefficient (Wildman–Crippen LogP) is 5.58. The topological polar surface area (TPSA) is 144 Å². The number of rotatable bonds is 13. The summed E-state index contributed by atoms with van der Waals surface area (Å²) >= 11 is 0. The van der Waals surface area contributed by atoms with Crippen LogP contribution in [-0.2, 0) is 31.0 Å². The van der Waals surface area contributed by atoms with Gasteiger partial charge in [-0.1, -0.05) is 63.1 Å². The van der Waals surface area contributed by atoms with Crippen molar-refractivity contribution in [2.75, 3.05) is 24.4 Å². The first-order chi connectivity index (χ1) is 24.2. The number of aryl methyl sites for hydroxylation is 2. The van der Waals surface area contributed by atoms with Gasteiger partial charge in [0.2, 0.25) is 0 Å². The van der Waals surface area contributed by atoms with Gasteiger partial charge >= 0.3 is 0 Å². The fourth-order valence-corrected chi connectivity index (χ4v) is 7.82. The Morgan fingerprint density at radius 2 is 1.71 bits per heavy atom. The second kappa shape index (κ2) is 16.5. The molecule has 6 rings (SSSR count). The van der Waals surface area contributed by atoms with E-state index in [0.29, 0.717) is 59.3 Å². The molecular formula is C39H48N6O5S.